The molecule has 1 heterocycles. The smallest absolute Gasteiger partial charge is 0.394 e. The van der Waals surface area contributed by atoms with Gasteiger partial charge in [-0.2, -0.15) is 21.0 Å². The minimum absolute atomic E-state index is 0.542. The van der Waals surface area contributed by atoms with Crippen LogP contribution in [0.2, 0.25) is 0 Å². The van der Waals surface area contributed by atoms with Gasteiger partial charge in [-0.3, -0.25) is 14.0 Å². The average Bonchev–Trinajstić information content (AvgIpc) is 2.34. The Bertz CT molecular complexity index is 549. The molecular formula is C12H19NO6S2. The number of hydrogen-bond acceptors (Lipinski definition) is 6. The lowest BCUT2D eigenvalue weighted by molar-refractivity contribution is 0.182. The van der Waals surface area contributed by atoms with Crippen LogP contribution in [-0.4, -0.2) is 55.0 Å². The highest BCUT2D eigenvalue weighted by atomic mass is 32.3. The van der Waals surface area contributed by atoms with Crippen LogP contribution in [0.4, 0.5) is 0 Å². The number of thiol groups is 1. The first-order valence-corrected chi connectivity index (χ1v) is 7.95. The number of benzene rings is 1. The van der Waals surface area contributed by atoms with E-state index in [4.69, 9.17) is 27.0 Å². The molecule has 0 aliphatic carbocycles. The Balaban J connectivity index is 0.000000383. The van der Waals surface area contributed by atoms with Crippen LogP contribution in [0.1, 0.15) is 5.56 Å². The largest absolute Gasteiger partial charge is 0.493 e. The highest BCUT2D eigenvalue weighted by Gasteiger charge is 2.23. The number of ether oxygens (including phenoxy) is 2. The molecule has 1 fully saturated rings. The molecule has 1 aliphatic rings. The lowest BCUT2D eigenvalue weighted by Gasteiger charge is -2.36. The fraction of sp³-hybridized carbons (Fsp3) is 0.500. The van der Waals surface area contributed by atoms with Gasteiger partial charge in [-0.1, -0.05) is 6.07 Å². The van der Waals surface area contributed by atoms with Crippen LogP contribution in [-0.2, 0) is 16.9 Å². The summed E-state index contributed by atoms with van der Waals surface area (Å²) in [6.45, 7) is 3.09. The van der Waals surface area contributed by atoms with Crippen molar-refractivity contribution >= 4 is 23.0 Å². The average molecular weight is 337 g/mol. The first-order chi connectivity index (χ1) is 9.72. The van der Waals surface area contributed by atoms with Crippen LogP contribution >= 0.6 is 12.6 Å². The van der Waals surface area contributed by atoms with Gasteiger partial charge in [-0.25, -0.2) is 0 Å². The Kier molecular flexibility index (Phi) is 6.75. The van der Waals surface area contributed by atoms with E-state index < -0.39 is 10.4 Å². The van der Waals surface area contributed by atoms with Gasteiger partial charge in [0.25, 0.3) is 0 Å². The summed E-state index contributed by atoms with van der Waals surface area (Å²) in [5.74, 6) is 1.57. The van der Waals surface area contributed by atoms with Crippen LogP contribution in [0.15, 0.2) is 18.2 Å². The molecule has 1 aromatic carbocycles. The van der Waals surface area contributed by atoms with E-state index in [-0.39, 0.29) is 0 Å². The standard InChI is InChI=1S/C12H17NO2S.H2O4S/c1-14-11-4-3-9(5-12(11)15-2)6-13-7-10(16)8-13;1-5(2,3)4/h3-5,10,16H,6-8H2,1-2H3;(H2,1,2,3,4). The minimum Gasteiger partial charge on any atom is -0.493 e. The molecule has 0 aromatic heterocycles. The second kappa shape index (κ2) is 7.85. The molecule has 0 radical (unpaired) electrons. The number of methoxy groups -OCH3 is 2. The first kappa shape index (κ1) is 18.1. The SMILES string of the molecule is COc1ccc(CN2CC(S)C2)cc1OC.O=S(=O)(O)O. The van der Waals surface area contributed by atoms with E-state index in [1.165, 1.54) is 5.56 Å². The molecule has 21 heavy (non-hydrogen) atoms. The predicted octanol–water partition coefficient (Wildman–Crippen LogP) is 1.17. The third-order valence-corrected chi connectivity index (χ3v) is 3.12. The zero-order valence-corrected chi connectivity index (χ0v) is 13.5. The van der Waals surface area contributed by atoms with Crippen molar-refractivity contribution in [3.05, 3.63) is 23.8 Å². The number of rotatable bonds is 4. The van der Waals surface area contributed by atoms with E-state index in [1.807, 2.05) is 12.1 Å². The summed E-state index contributed by atoms with van der Waals surface area (Å²) in [4.78, 5) is 2.36. The van der Waals surface area contributed by atoms with Gasteiger partial charge in [0.2, 0.25) is 0 Å². The van der Waals surface area contributed by atoms with Gasteiger partial charge >= 0.3 is 10.4 Å². The van der Waals surface area contributed by atoms with Crippen molar-refractivity contribution < 1.29 is 27.0 Å². The highest BCUT2D eigenvalue weighted by molar-refractivity contribution is 7.81. The molecule has 0 atom stereocenters. The van der Waals surface area contributed by atoms with Crippen molar-refractivity contribution in [2.24, 2.45) is 0 Å². The normalized spacial score (nSPS) is 15.7. The molecule has 0 unspecified atom stereocenters. The van der Waals surface area contributed by atoms with E-state index in [2.05, 4.69) is 23.6 Å². The summed E-state index contributed by atoms with van der Waals surface area (Å²) < 4.78 is 42.1. The highest BCUT2D eigenvalue weighted by Crippen LogP contribution is 2.28. The maximum atomic E-state index is 8.74. The van der Waals surface area contributed by atoms with Crippen molar-refractivity contribution in [1.29, 1.82) is 0 Å². The second-order valence-corrected chi connectivity index (χ2v) is 6.11. The van der Waals surface area contributed by atoms with Crippen LogP contribution < -0.4 is 9.47 Å². The summed E-state index contributed by atoms with van der Waals surface area (Å²) >= 11 is 4.39. The van der Waals surface area contributed by atoms with Crippen molar-refractivity contribution in [3.8, 4) is 11.5 Å². The molecule has 120 valence electrons. The van der Waals surface area contributed by atoms with Gasteiger partial charge in [0.05, 0.1) is 14.2 Å². The van der Waals surface area contributed by atoms with E-state index in [1.54, 1.807) is 14.2 Å². The van der Waals surface area contributed by atoms with Crippen molar-refractivity contribution in [2.45, 2.75) is 11.8 Å². The van der Waals surface area contributed by atoms with Crippen molar-refractivity contribution in [2.75, 3.05) is 27.3 Å². The third kappa shape index (κ3) is 7.00. The molecule has 7 nitrogen and oxygen atoms in total. The topological polar surface area (TPSA) is 96.3 Å². The molecule has 0 amide bonds. The molecular weight excluding hydrogens is 318 g/mol. The summed E-state index contributed by atoms with van der Waals surface area (Å²) in [5, 5.41) is 0.542. The zero-order chi connectivity index (χ0) is 16.0. The Morgan fingerprint density at radius 3 is 2.19 bits per heavy atom. The molecule has 2 N–H and O–H groups in total. The van der Waals surface area contributed by atoms with Crippen LogP contribution in [0, 0.1) is 0 Å². The van der Waals surface area contributed by atoms with Gasteiger partial charge in [0.15, 0.2) is 11.5 Å². The van der Waals surface area contributed by atoms with Crippen molar-refractivity contribution in [3.63, 3.8) is 0 Å². The Morgan fingerprint density at radius 1 is 1.24 bits per heavy atom. The lowest BCUT2D eigenvalue weighted by atomic mass is 10.1. The second-order valence-electron chi connectivity index (χ2n) is 4.49. The molecule has 0 saturated carbocycles. The zero-order valence-electron chi connectivity index (χ0n) is 11.8. The maximum Gasteiger partial charge on any atom is 0.394 e. The van der Waals surface area contributed by atoms with E-state index in [0.717, 1.165) is 31.1 Å². The Labute approximate surface area is 129 Å². The van der Waals surface area contributed by atoms with E-state index in [0.29, 0.717) is 5.25 Å². The van der Waals surface area contributed by atoms with Gasteiger partial charge in [-0.15, -0.1) is 0 Å². The first-order valence-electron chi connectivity index (χ1n) is 6.04. The number of hydrogen-bond donors (Lipinski definition) is 3. The third-order valence-electron chi connectivity index (χ3n) is 2.79. The number of likely N-dealkylation sites (tertiary alicyclic amines) is 1. The van der Waals surface area contributed by atoms with Gasteiger partial charge in [-0.05, 0) is 17.7 Å². The monoisotopic (exact) mass is 337 g/mol. The summed E-state index contributed by atoms with van der Waals surface area (Å²) in [6, 6.07) is 6.06. The lowest BCUT2D eigenvalue weighted by Crippen LogP contribution is -2.46. The Morgan fingerprint density at radius 2 is 1.76 bits per heavy atom. The van der Waals surface area contributed by atoms with Crippen LogP contribution in [0.25, 0.3) is 0 Å². The summed E-state index contributed by atoms with van der Waals surface area (Å²) in [5.41, 5.74) is 1.25. The Hall–Kier alpha value is -1.00. The van der Waals surface area contributed by atoms with Gasteiger partial charge in [0, 0.05) is 24.9 Å². The van der Waals surface area contributed by atoms with Crippen LogP contribution in [0.3, 0.4) is 0 Å². The van der Waals surface area contributed by atoms with Crippen molar-refractivity contribution in [1.82, 2.24) is 4.90 Å². The predicted molar refractivity (Wildman–Crippen MR) is 81.8 cm³/mol. The molecule has 1 saturated heterocycles. The molecule has 9 heteroatoms. The quantitative estimate of drug-likeness (QED) is 0.560. The number of nitrogens with zero attached hydrogens (tertiary/aromatic N) is 1. The van der Waals surface area contributed by atoms with Gasteiger partial charge < -0.3 is 9.47 Å². The maximum absolute atomic E-state index is 8.74. The molecule has 0 spiro atoms. The molecule has 1 aliphatic heterocycles. The van der Waals surface area contributed by atoms with E-state index in [9.17, 15) is 0 Å². The molecule has 2 rings (SSSR count). The minimum atomic E-state index is -4.67. The summed E-state index contributed by atoms with van der Waals surface area (Å²) in [7, 11) is -1.35. The molecule has 0 bridgehead atoms. The molecule has 1 aromatic rings. The van der Waals surface area contributed by atoms with E-state index >= 15 is 0 Å². The van der Waals surface area contributed by atoms with Gasteiger partial charge in [0.1, 0.15) is 0 Å². The fourth-order valence-corrected chi connectivity index (χ4v) is 2.37. The fourth-order valence-electron chi connectivity index (χ4n) is 1.91. The van der Waals surface area contributed by atoms with Crippen LogP contribution in [0.5, 0.6) is 11.5 Å². The summed E-state index contributed by atoms with van der Waals surface area (Å²) in [6.07, 6.45) is 0.